The number of likely N-dealkylation sites (tertiary alicyclic amines) is 1. The molecular formula is C23H23N3O5. The summed E-state index contributed by atoms with van der Waals surface area (Å²) in [5, 5.41) is 11.0. The number of benzene rings is 2. The molecule has 1 saturated heterocycles. The lowest BCUT2D eigenvalue weighted by Crippen LogP contribution is -2.39. The maximum atomic E-state index is 13.6. The van der Waals surface area contributed by atoms with E-state index in [1.54, 1.807) is 24.3 Å². The van der Waals surface area contributed by atoms with Gasteiger partial charge in [-0.25, -0.2) is 4.90 Å². The summed E-state index contributed by atoms with van der Waals surface area (Å²) in [6.45, 7) is 3.47. The number of ether oxygens (including phenoxy) is 1. The van der Waals surface area contributed by atoms with Gasteiger partial charge in [0.2, 0.25) is 0 Å². The van der Waals surface area contributed by atoms with Crippen LogP contribution in [0, 0.1) is 16.0 Å². The minimum Gasteiger partial charge on any atom is -0.495 e. The van der Waals surface area contributed by atoms with E-state index in [9.17, 15) is 19.7 Å². The number of methoxy groups -OCH3 is 1. The lowest BCUT2D eigenvalue weighted by molar-refractivity contribution is -0.384. The van der Waals surface area contributed by atoms with E-state index in [0.717, 1.165) is 17.7 Å². The summed E-state index contributed by atoms with van der Waals surface area (Å²) in [5.41, 5.74) is 1.39. The third-order valence-electron chi connectivity index (χ3n) is 5.73. The molecular weight excluding hydrogens is 398 g/mol. The molecule has 0 radical (unpaired) electrons. The highest BCUT2D eigenvalue weighted by Crippen LogP contribution is 2.39. The second-order valence-electron chi connectivity index (χ2n) is 7.84. The first-order chi connectivity index (χ1) is 14.9. The number of para-hydroxylation sites is 2. The Morgan fingerprint density at radius 3 is 2.42 bits per heavy atom. The van der Waals surface area contributed by atoms with Crippen molar-refractivity contribution in [1.82, 2.24) is 4.90 Å². The van der Waals surface area contributed by atoms with Crippen molar-refractivity contribution >= 4 is 28.8 Å². The average molecular weight is 421 g/mol. The molecule has 0 spiro atoms. The van der Waals surface area contributed by atoms with Crippen LogP contribution in [0.15, 0.2) is 54.2 Å². The van der Waals surface area contributed by atoms with Gasteiger partial charge >= 0.3 is 0 Å². The second kappa shape index (κ2) is 8.22. The van der Waals surface area contributed by atoms with Gasteiger partial charge < -0.3 is 9.64 Å². The average Bonchev–Trinajstić information content (AvgIpc) is 3.03. The lowest BCUT2D eigenvalue weighted by atomic mass is 9.97. The number of nitrogens with zero attached hydrogens (tertiary/aromatic N) is 3. The molecule has 8 nitrogen and oxygen atoms in total. The molecule has 2 heterocycles. The molecule has 0 saturated carbocycles. The number of hydrogen-bond donors (Lipinski definition) is 0. The molecule has 1 fully saturated rings. The number of hydrogen-bond acceptors (Lipinski definition) is 6. The van der Waals surface area contributed by atoms with E-state index < -0.39 is 16.7 Å². The van der Waals surface area contributed by atoms with Crippen LogP contribution < -0.4 is 9.64 Å². The van der Waals surface area contributed by atoms with Gasteiger partial charge in [-0.05, 0) is 48.6 Å². The molecule has 0 bridgehead atoms. The van der Waals surface area contributed by atoms with Crippen LogP contribution >= 0.6 is 0 Å². The number of nitro groups is 1. The van der Waals surface area contributed by atoms with Crippen molar-refractivity contribution in [1.29, 1.82) is 0 Å². The van der Waals surface area contributed by atoms with Crippen LogP contribution in [0.1, 0.15) is 25.3 Å². The number of amides is 2. The van der Waals surface area contributed by atoms with Crippen LogP contribution in [0.5, 0.6) is 5.75 Å². The van der Waals surface area contributed by atoms with Gasteiger partial charge in [-0.1, -0.05) is 19.1 Å². The fraction of sp³-hybridized carbons (Fsp3) is 0.304. The van der Waals surface area contributed by atoms with E-state index >= 15 is 0 Å². The Labute approximate surface area is 179 Å². The predicted molar refractivity (Wildman–Crippen MR) is 115 cm³/mol. The maximum absolute atomic E-state index is 13.6. The van der Waals surface area contributed by atoms with Crippen molar-refractivity contribution in [2.45, 2.75) is 19.8 Å². The Morgan fingerprint density at radius 2 is 1.77 bits per heavy atom. The van der Waals surface area contributed by atoms with Gasteiger partial charge in [0.1, 0.15) is 11.4 Å². The normalized spacial score (nSPS) is 19.2. The monoisotopic (exact) mass is 421 g/mol. The number of anilines is 1. The highest BCUT2D eigenvalue weighted by Gasteiger charge is 2.44. The van der Waals surface area contributed by atoms with Gasteiger partial charge in [0.15, 0.2) is 0 Å². The topological polar surface area (TPSA) is 93.0 Å². The van der Waals surface area contributed by atoms with E-state index in [1.165, 1.54) is 31.4 Å². The fourth-order valence-electron chi connectivity index (χ4n) is 4.25. The molecule has 31 heavy (non-hydrogen) atoms. The Balaban J connectivity index is 1.84. The summed E-state index contributed by atoms with van der Waals surface area (Å²) in [6, 6.07) is 12.6. The van der Waals surface area contributed by atoms with Crippen LogP contribution in [0.4, 0.5) is 11.4 Å². The Kier molecular flexibility index (Phi) is 5.46. The molecule has 2 amide bonds. The van der Waals surface area contributed by atoms with Crippen molar-refractivity contribution in [3.05, 3.63) is 69.9 Å². The summed E-state index contributed by atoms with van der Waals surface area (Å²) < 4.78 is 5.38. The van der Waals surface area contributed by atoms with Crippen LogP contribution in [0.2, 0.25) is 0 Å². The van der Waals surface area contributed by atoms with Gasteiger partial charge in [0.25, 0.3) is 17.5 Å². The van der Waals surface area contributed by atoms with Crippen molar-refractivity contribution < 1.29 is 19.2 Å². The first-order valence-electron chi connectivity index (χ1n) is 10.2. The summed E-state index contributed by atoms with van der Waals surface area (Å²) in [4.78, 5) is 40.8. The standard InChI is InChI=1S/C23H23N3O5/c1-15-6-5-13-24(14-15)21-20(16-9-11-17(12-10-16)26(29)30)22(27)25(23(21)28)18-7-3-4-8-19(18)31-2/h3-4,7-12,15H,5-6,13-14H2,1-2H3. The molecule has 2 aliphatic rings. The van der Waals surface area contributed by atoms with E-state index in [-0.39, 0.29) is 11.3 Å². The van der Waals surface area contributed by atoms with Crippen molar-refractivity contribution in [3.63, 3.8) is 0 Å². The number of carbonyl (C=O) groups is 2. The van der Waals surface area contributed by atoms with E-state index in [2.05, 4.69) is 6.92 Å². The molecule has 1 unspecified atom stereocenters. The first-order valence-corrected chi connectivity index (χ1v) is 10.2. The van der Waals surface area contributed by atoms with Crippen LogP contribution in [-0.2, 0) is 9.59 Å². The summed E-state index contributed by atoms with van der Waals surface area (Å²) in [5.74, 6) is -0.0587. The molecule has 0 aromatic heterocycles. The smallest absolute Gasteiger partial charge is 0.282 e. The quantitative estimate of drug-likeness (QED) is 0.416. The summed E-state index contributed by atoms with van der Waals surface area (Å²) in [6.07, 6.45) is 1.99. The zero-order valence-corrected chi connectivity index (χ0v) is 17.4. The zero-order chi connectivity index (χ0) is 22.1. The summed E-state index contributed by atoms with van der Waals surface area (Å²) in [7, 11) is 1.49. The van der Waals surface area contributed by atoms with Gasteiger partial charge in [-0.15, -0.1) is 0 Å². The number of rotatable bonds is 5. The minimum absolute atomic E-state index is 0.0733. The van der Waals surface area contributed by atoms with E-state index in [1.807, 2.05) is 4.90 Å². The van der Waals surface area contributed by atoms with Gasteiger partial charge in [-0.3, -0.25) is 19.7 Å². The number of imide groups is 1. The predicted octanol–water partition coefficient (Wildman–Crippen LogP) is 3.62. The molecule has 1 atom stereocenters. The van der Waals surface area contributed by atoms with Crippen LogP contribution in [-0.4, -0.2) is 41.8 Å². The number of carbonyl (C=O) groups excluding carboxylic acids is 2. The van der Waals surface area contributed by atoms with E-state index in [0.29, 0.717) is 41.7 Å². The summed E-state index contributed by atoms with van der Waals surface area (Å²) >= 11 is 0. The molecule has 2 aromatic carbocycles. The van der Waals surface area contributed by atoms with Crippen LogP contribution in [0.25, 0.3) is 5.57 Å². The molecule has 0 aliphatic carbocycles. The van der Waals surface area contributed by atoms with Crippen molar-refractivity contribution in [2.75, 3.05) is 25.1 Å². The molecule has 2 aliphatic heterocycles. The van der Waals surface area contributed by atoms with Crippen molar-refractivity contribution in [3.8, 4) is 5.75 Å². The highest BCUT2D eigenvalue weighted by atomic mass is 16.6. The highest BCUT2D eigenvalue weighted by molar-refractivity contribution is 6.45. The number of non-ortho nitro benzene ring substituents is 1. The Bertz CT molecular complexity index is 1080. The third-order valence-corrected chi connectivity index (χ3v) is 5.73. The van der Waals surface area contributed by atoms with Crippen molar-refractivity contribution in [2.24, 2.45) is 5.92 Å². The van der Waals surface area contributed by atoms with Gasteiger partial charge in [0, 0.05) is 25.2 Å². The van der Waals surface area contributed by atoms with Gasteiger partial charge in [-0.2, -0.15) is 0 Å². The zero-order valence-electron chi connectivity index (χ0n) is 17.4. The molecule has 8 heteroatoms. The Hall–Kier alpha value is -3.68. The first kappa shape index (κ1) is 20.6. The minimum atomic E-state index is -0.492. The third kappa shape index (κ3) is 3.65. The molecule has 0 N–H and O–H groups in total. The number of nitro benzene ring substituents is 1. The fourth-order valence-corrected chi connectivity index (χ4v) is 4.25. The molecule has 4 rings (SSSR count). The molecule has 2 aromatic rings. The largest absolute Gasteiger partial charge is 0.495 e. The van der Waals surface area contributed by atoms with E-state index in [4.69, 9.17) is 4.74 Å². The lowest BCUT2D eigenvalue weighted by Gasteiger charge is -2.33. The van der Waals surface area contributed by atoms with Gasteiger partial charge in [0.05, 0.1) is 23.3 Å². The number of piperidine rings is 1. The molecule has 160 valence electrons. The Morgan fingerprint density at radius 1 is 1.06 bits per heavy atom. The maximum Gasteiger partial charge on any atom is 0.282 e. The second-order valence-corrected chi connectivity index (χ2v) is 7.84. The SMILES string of the molecule is COc1ccccc1N1C(=O)C(c2ccc([N+](=O)[O-])cc2)=C(N2CCCC(C)C2)C1=O. The van der Waals surface area contributed by atoms with Crippen LogP contribution in [0.3, 0.4) is 0 Å².